The molecule has 0 fully saturated rings. The Kier molecular flexibility index (Phi) is 3.93. The van der Waals surface area contributed by atoms with Gasteiger partial charge in [-0.2, -0.15) is 0 Å². The fourth-order valence-corrected chi connectivity index (χ4v) is 4.11. The van der Waals surface area contributed by atoms with Crippen LogP contribution in [0, 0.1) is 6.92 Å². The van der Waals surface area contributed by atoms with Crippen LogP contribution in [0.2, 0.25) is 0 Å². The summed E-state index contributed by atoms with van der Waals surface area (Å²) in [6.07, 6.45) is 0. The third-order valence-corrected chi connectivity index (χ3v) is 5.54. The molecule has 0 aliphatic heterocycles. The molecule has 1 heterocycles. The molecule has 0 saturated heterocycles. The highest BCUT2D eigenvalue weighted by Crippen LogP contribution is 2.23. The average Bonchev–Trinajstić information content (AvgIpc) is 2.85. The van der Waals surface area contributed by atoms with Crippen molar-refractivity contribution in [1.29, 1.82) is 0 Å². The second-order valence-corrected chi connectivity index (χ2v) is 7.05. The summed E-state index contributed by atoms with van der Waals surface area (Å²) in [6, 6.07) is 8.43. The fraction of sp³-hybridized carbons (Fsp3) is 0.231. The average molecular weight is 296 g/mol. The van der Waals surface area contributed by atoms with Gasteiger partial charge >= 0.3 is 0 Å². The van der Waals surface area contributed by atoms with Crippen LogP contribution in [0.1, 0.15) is 23.4 Å². The number of nitrogen functional groups attached to an aromatic ring is 1. The molecule has 2 aromatic rings. The van der Waals surface area contributed by atoms with Crippen LogP contribution in [0.5, 0.6) is 0 Å². The van der Waals surface area contributed by atoms with Crippen LogP contribution in [0.3, 0.4) is 0 Å². The third kappa shape index (κ3) is 3.15. The van der Waals surface area contributed by atoms with Crippen molar-refractivity contribution in [2.24, 2.45) is 0 Å². The predicted octanol–water partition coefficient (Wildman–Crippen LogP) is 2.68. The normalized spacial score (nSPS) is 13.4. The molecule has 1 unspecified atom stereocenters. The maximum atomic E-state index is 12.3. The Balaban J connectivity index is 2.30. The van der Waals surface area contributed by atoms with Crippen molar-refractivity contribution in [2.45, 2.75) is 24.8 Å². The zero-order valence-corrected chi connectivity index (χ0v) is 12.4. The first kappa shape index (κ1) is 14.0. The first-order valence-electron chi connectivity index (χ1n) is 5.82. The number of thiophene rings is 1. The van der Waals surface area contributed by atoms with Gasteiger partial charge in [0.05, 0.1) is 10.9 Å². The van der Waals surface area contributed by atoms with Crippen LogP contribution < -0.4 is 10.5 Å². The molecule has 19 heavy (non-hydrogen) atoms. The van der Waals surface area contributed by atoms with Crippen LogP contribution in [0.25, 0.3) is 0 Å². The van der Waals surface area contributed by atoms with Gasteiger partial charge in [-0.1, -0.05) is 12.1 Å². The molecule has 2 rings (SSSR count). The topological polar surface area (TPSA) is 72.2 Å². The van der Waals surface area contributed by atoms with Crippen LogP contribution in [-0.4, -0.2) is 8.42 Å². The maximum Gasteiger partial charge on any atom is 0.241 e. The first-order chi connectivity index (χ1) is 8.90. The molecule has 0 radical (unpaired) electrons. The molecule has 6 heteroatoms. The van der Waals surface area contributed by atoms with Gasteiger partial charge in [-0.25, -0.2) is 13.1 Å². The van der Waals surface area contributed by atoms with Gasteiger partial charge in [-0.05, 0) is 43.0 Å². The summed E-state index contributed by atoms with van der Waals surface area (Å²) in [6.45, 7) is 3.58. The van der Waals surface area contributed by atoms with E-state index < -0.39 is 10.0 Å². The first-order valence-corrected chi connectivity index (χ1v) is 8.18. The number of nitrogens with one attached hydrogen (secondary N) is 1. The standard InChI is InChI=1S/C13H16N2O2S2/c1-9-5-6-11(14)8-13(9)19(16,17)15-10(2)12-4-3-7-18-12/h3-8,10,15H,14H2,1-2H3. The molecule has 0 bridgehead atoms. The lowest BCUT2D eigenvalue weighted by molar-refractivity contribution is 0.568. The number of hydrogen-bond acceptors (Lipinski definition) is 4. The lowest BCUT2D eigenvalue weighted by Gasteiger charge is -2.14. The number of nitrogens with two attached hydrogens (primary N) is 1. The summed E-state index contributed by atoms with van der Waals surface area (Å²) in [4.78, 5) is 1.21. The van der Waals surface area contributed by atoms with Crippen LogP contribution in [0.4, 0.5) is 5.69 Å². The van der Waals surface area contributed by atoms with Crippen molar-refractivity contribution < 1.29 is 8.42 Å². The van der Waals surface area contributed by atoms with Gasteiger partial charge in [0.2, 0.25) is 10.0 Å². The smallest absolute Gasteiger partial charge is 0.241 e. The summed E-state index contributed by atoms with van der Waals surface area (Å²) in [5.41, 5.74) is 6.78. The Bertz CT molecular complexity index is 664. The van der Waals surface area contributed by atoms with Crippen LogP contribution in [0.15, 0.2) is 40.6 Å². The minimum Gasteiger partial charge on any atom is -0.399 e. The van der Waals surface area contributed by atoms with Crippen molar-refractivity contribution in [3.8, 4) is 0 Å². The van der Waals surface area contributed by atoms with E-state index in [-0.39, 0.29) is 10.9 Å². The Morgan fingerprint density at radius 1 is 1.32 bits per heavy atom. The molecule has 1 aromatic carbocycles. The third-order valence-electron chi connectivity index (χ3n) is 2.80. The summed E-state index contributed by atoms with van der Waals surface area (Å²) in [5.74, 6) is 0. The number of hydrogen-bond donors (Lipinski definition) is 2. The number of anilines is 1. The van der Waals surface area contributed by atoms with Gasteiger partial charge in [0.1, 0.15) is 0 Å². The number of aryl methyl sites for hydroxylation is 1. The quantitative estimate of drug-likeness (QED) is 0.852. The van der Waals surface area contributed by atoms with Crippen molar-refractivity contribution in [3.05, 3.63) is 46.2 Å². The monoisotopic (exact) mass is 296 g/mol. The van der Waals surface area contributed by atoms with Crippen molar-refractivity contribution in [3.63, 3.8) is 0 Å². The van der Waals surface area contributed by atoms with Gasteiger partial charge in [0, 0.05) is 10.6 Å². The van der Waals surface area contributed by atoms with Crippen molar-refractivity contribution >= 4 is 27.0 Å². The molecule has 0 saturated carbocycles. The molecule has 0 aliphatic rings. The fourth-order valence-electron chi connectivity index (χ4n) is 1.80. The van der Waals surface area contributed by atoms with Crippen LogP contribution in [-0.2, 0) is 10.0 Å². The molecule has 1 aromatic heterocycles. The summed E-state index contributed by atoms with van der Waals surface area (Å²) in [5, 5.41) is 1.92. The van der Waals surface area contributed by atoms with E-state index in [2.05, 4.69) is 4.72 Å². The van der Waals surface area contributed by atoms with E-state index in [0.717, 1.165) is 4.88 Å². The van der Waals surface area contributed by atoms with E-state index >= 15 is 0 Å². The summed E-state index contributed by atoms with van der Waals surface area (Å²) >= 11 is 1.52. The maximum absolute atomic E-state index is 12.3. The highest BCUT2D eigenvalue weighted by molar-refractivity contribution is 7.89. The second kappa shape index (κ2) is 5.32. The highest BCUT2D eigenvalue weighted by atomic mass is 32.2. The lowest BCUT2D eigenvalue weighted by atomic mass is 10.2. The number of sulfonamides is 1. The Morgan fingerprint density at radius 3 is 2.68 bits per heavy atom. The highest BCUT2D eigenvalue weighted by Gasteiger charge is 2.20. The Morgan fingerprint density at radius 2 is 2.05 bits per heavy atom. The van der Waals surface area contributed by atoms with Gasteiger partial charge < -0.3 is 5.73 Å². The summed E-state index contributed by atoms with van der Waals surface area (Å²) in [7, 11) is -3.56. The minimum absolute atomic E-state index is 0.232. The van der Waals surface area contributed by atoms with Crippen LogP contribution >= 0.6 is 11.3 Å². The van der Waals surface area contributed by atoms with E-state index in [1.807, 2.05) is 24.4 Å². The summed E-state index contributed by atoms with van der Waals surface area (Å²) < 4.78 is 27.4. The van der Waals surface area contributed by atoms with Crippen molar-refractivity contribution in [2.75, 3.05) is 5.73 Å². The van der Waals surface area contributed by atoms with Gasteiger partial charge in [-0.3, -0.25) is 0 Å². The van der Waals surface area contributed by atoms with E-state index in [9.17, 15) is 8.42 Å². The Labute approximate surface area is 117 Å². The number of rotatable bonds is 4. The molecule has 4 nitrogen and oxygen atoms in total. The van der Waals surface area contributed by atoms with E-state index in [0.29, 0.717) is 11.3 Å². The van der Waals surface area contributed by atoms with E-state index in [1.165, 1.54) is 17.4 Å². The lowest BCUT2D eigenvalue weighted by Crippen LogP contribution is -2.27. The minimum atomic E-state index is -3.56. The molecular formula is C13H16N2O2S2. The molecule has 0 spiro atoms. The van der Waals surface area contributed by atoms with Gasteiger partial charge in [0.15, 0.2) is 0 Å². The number of benzene rings is 1. The second-order valence-electron chi connectivity index (χ2n) is 4.38. The molecule has 0 aliphatic carbocycles. The SMILES string of the molecule is Cc1ccc(N)cc1S(=O)(=O)NC(C)c1cccs1. The molecule has 102 valence electrons. The zero-order valence-electron chi connectivity index (χ0n) is 10.8. The van der Waals surface area contributed by atoms with E-state index in [4.69, 9.17) is 5.73 Å². The molecule has 0 amide bonds. The van der Waals surface area contributed by atoms with Crippen molar-refractivity contribution in [1.82, 2.24) is 4.72 Å². The van der Waals surface area contributed by atoms with E-state index in [1.54, 1.807) is 19.1 Å². The largest absolute Gasteiger partial charge is 0.399 e. The predicted molar refractivity (Wildman–Crippen MR) is 78.6 cm³/mol. The zero-order chi connectivity index (χ0) is 14.0. The van der Waals surface area contributed by atoms with Gasteiger partial charge in [-0.15, -0.1) is 11.3 Å². The van der Waals surface area contributed by atoms with Gasteiger partial charge in [0.25, 0.3) is 0 Å². The molecule has 1 atom stereocenters. The molecular weight excluding hydrogens is 280 g/mol. The molecule has 3 N–H and O–H groups in total. The Hall–Kier alpha value is -1.37.